The van der Waals surface area contributed by atoms with E-state index in [1.54, 1.807) is 14.2 Å². The van der Waals surface area contributed by atoms with E-state index < -0.39 is 12.4 Å². The molecule has 0 amide bonds. The summed E-state index contributed by atoms with van der Waals surface area (Å²) in [5.41, 5.74) is 1.12. The molecule has 0 aliphatic rings. The first kappa shape index (κ1) is 20.4. The lowest BCUT2D eigenvalue weighted by molar-refractivity contribution is -0.0506. The van der Waals surface area contributed by atoms with Crippen molar-refractivity contribution in [1.29, 1.82) is 0 Å². The first-order chi connectivity index (χ1) is 13.0. The van der Waals surface area contributed by atoms with Gasteiger partial charge < -0.3 is 20.1 Å². The predicted octanol–water partition coefficient (Wildman–Crippen LogP) is 3.34. The topological polar surface area (TPSA) is 54.9 Å². The zero-order valence-electron chi connectivity index (χ0n) is 15.1. The van der Waals surface area contributed by atoms with Crippen molar-refractivity contribution in [2.75, 3.05) is 20.7 Å². The Labute approximate surface area is 156 Å². The number of halogens is 3. The number of rotatable bonds is 8. The van der Waals surface area contributed by atoms with Gasteiger partial charge in [0.05, 0.1) is 7.11 Å². The number of hydrogen-bond donors (Lipinski definition) is 2. The fourth-order valence-corrected chi connectivity index (χ4v) is 2.43. The number of alkyl halides is 2. The molecule has 27 heavy (non-hydrogen) atoms. The molecular weight excluding hydrogens is 359 g/mol. The van der Waals surface area contributed by atoms with E-state index in [1.165, 1.54) is 18.2 Å². The lowest BCUT2D eigenvalue weighted by atomic mass is 10.1. The summed E-state index contributed by atoms with van der Waals surface area (Å²) >= 11 is 0. The van der Waals surface area contributed by atoms with Crippen molar-refractivity contribution in [2.45, 2.75) is 19.6 Å². The monoisotopic (exact) mass is 381 g/mol. The molecule has 2 aromatic rings. The second-order valence-electron chi connectivity index (χ2n) is 5.55. The van der Waals surface area contributed by atoms with Gasteiger partial charge in [0.1, 0.15) is 17.3 Å². The fourth-order valence-electron chi connectivity index (χ4n) is 2.43. The van der Waals surface area contributed by atoms with E-state index >= 15 is 0 Å². The van der Waals surface area contributed by atoms with E-state index in [2.05, 4.69) is 20.4 Å². The van der Waals surface area contributed by atoms with E-state index in [0.29, 0.717) is 12.5 Å². The van der Waals surface area contributed by atoms with Crippen molar-refractivity contribution in [3.63, 3.8) is 0 Å². The molecule has 0 saturated heterocycles. The molecule has 0 saturated carbocycles. The highest BCUT2D eigenvalue weighted by molar-refractivity contribution is 5.79. The molecule has 146 valence electrons. The third-order valence-corrected chi connectivity index (χ3v) is 3.81. The van der Waals surface area contributed by atoms with Crippen molar-refractivity contribution >= 4 is 5.96 Å². The highest BCUT2D eigenvalue weighted by atomic mass is 19.3. The summed E-state index contributed by atoms with van der Waals surface area (Å²) in [7, 11) is 3.18. The van der Waals surface area contributed by atoms with Crippen LogP contribution < -0.4 is 20.1 Å². The van der Waals surface area contributed by atoms with Crippen LogP contribution in [-0.2, 0) is 13.0 Å². The minimum atomic E-state index is -3.02. The van der Waals surface area contributed by atoms with Crippen molar-refractivity contribution in [3.8, 4) is 11.5 Å². The predicted molar refractivity (Wildman–Crippen MR) is 97.9 cm³/mol. The Balaban J connectivity index is 1.88. The summed E-state index contributed by atoms with van der Waals surface area (Å²) in [5.74, 6) is 0.381. The van der Waals surface area contributed by atoms with Crippen LogP contribution in [0.4, 0.5) is 13.2 Å². The summed E-state index contributed by atoms with van der Waals surface area (Å²) < 4.78 is 48.4. The van der Waals surface area contributed by atoms with Crippen LogP contribution in [0.2, 0.25) is 0 Å². The van der Waals surface area contributed by atoms with Crippen molar-refractivity contribution < 1.29 is 22.6 Å². The second-order valence-corrected chi connectivity index (χ2v) is 5.55. The largest absolute Gasteiger partial charge is 0.497 e. The van der Waals surface area contributed by atoms with Gasteiger partial charge in [-0.15, -0.1) is 0 Å². The highest BCUT2D eigenvalue weighted by Gasteiger charge is 2.14. The molecule has 0 aliphatic heterocycles. The Morgan fingerprint density at radius 1 is 1.11 bits per heavy atom. The Morgan fingerprint density at radius 3 is 2.48 bits per heavy atom. The van der Waals surface area contributed by atoms with Gasteiger partial charge >= 0.3 is 6.61 Å². The van der Waals surface area contributed by atoms with Gasteiger partial charge in [-0.2, -0.15) is 8.78 Å². The highest BCUT2D eigenvalue weighted by Crippen LogP contribution is 2.23. The first-order valence-corrected chi connectivity index (χ1v) is 8.33. The fraction of sp³-hybridized carbons (Fsp3) is 0.316. The molecule has 0 bridgehead atoms. The summed E-state index contributed by atoms with van der Waals surface area (Å²) in [6.45, 7) is -2.48. The van der Waals surface area contributed by atoms with Crippen LogP contribution in [0.5, 0.6) is 11.5 Å². The lowest BCUT2D eigenvalue weighted by Gasteiger charge is -2.15. The zero-order valence-corrected chi connectivity index (χ0v) is 15.1. The van der Waals surface area contributed by atoms with Gasteiger partial charge in [-0.05, 0) is 36.2 Å². The Morgan fingerprint density at radius 2 is 1.85 bits per heavy atom. The van der Waals surface area contributed by atoms with E-state index in [9.17, 15) is 13.2 Å². The van der Waals surface area contributed by atoms with Crippen LogP contribution in [-0.4, -0.2) is 33.3 Å². The van der Waals surface area contributed by atoms with E-state index in [1.807, 2.05) is 24.3 Å². The average molecular weight is 381 g/mol. The minimum absolute atomic E-state index is 0.0101. The van der Waals surface area contributed by atoms with Gasteiger partial charge in [0.25, 0.3) is 0 Å². The van der Waals surface area contributed by atoms with Crippen LogP contribution in [0.15, 0.2) is 47.5 Å². The average Bonchev–Trinajstić information content (AvgIpc) is 2.66. The number of nitrogens with zero attached hydrogens (tertiary/aromatic N) is 1. The molecule has 2 rings (SSSR count). The van der Waals surface area contributed by atoms with E-state index in [4.69, 9.17) is 4.74 Å². The molecule has 0 radical (unpaired) electrons. The Bertz CT molecular complexity index is 752. The zero-order chi connectivity index (χ0) is 19.6. The van der Waals surface area contributed by atoms with Crippen LogP contribution in [0, 0.1) is 5.82 Å². The van der Waals surface area contributed by atoms with Gasteiger partial charge in [0.15, 0.2) is 5.96 Å². The van der Waals surface area contributed by atoms with Gasteiger partial charge in [0, 0.05) is 25.7 Å². The minimum Gasteiger partial charge on any atom is -0.497 e. The third kappa shape index (κ3) is 6.40. The molecule has 0 fully saturated rings. The molecule has 0 heterocycles. The van der Waals surface area contributed by atoms with E-state index in [0.717, 1.165) is 17.7 Å². The van der Waals surface area contributed by atoms with Gasteiger partial charge in [0.2, 0.25) is 0 Å². The molecule has 0 unspecified atom stereocenters. The maximum atomic E-state index is 14.0. The Kier molecular flexibility index (Phi) is 7.79. The second kappa shape index (κ2) is 10.3. The third-order valence-electron chi connectivity index (χ3n) is 3.81. The maximum absolute atomic E-state index is 14.0. The molecule has 2 N–H and O–H groups in total. The van der Waals surface area contributed by atoms with Crippen LogP contribution in [0.1, 0.15) is 11.1 Å². The molecule has 2 aromatic carbocycles. The normalized spacial score (nSPS) is 11.4. The number of hydrogen-bond acceptors (Lipinski definition) is 3. The SMILES string of the molecule is CN=C(NCCc1ccc(OC)cc1)NCc1c(F)cccc1OC(F)F. The van der Waals surface area contributed by atoms with Crippen LogP contribution in [0.25, 0.3) is 0 Å². The smallest absolute Gasteiger partial charge is 0.387 e. The summed E-state index contributed by atoms with van der Waals surface area (Å²) in [6, 6.07) is 11.5. The molecular formula is C19H22F3N3O2. The molecule has 0 spiro atoms. The Hall–Kier alpha value is -2.90. The number of methoxy groups -OCH3 is 1. The molecule has 0 aliphatic carbocycles. The van der Waals surface area contributed by atoms with Crippen molar-refractivity contribution in [3.05, 3.63) is 59.4 Å². The van der Waals surface area contributed by atoms with Crippen molar-refractivity contribution in [2.24, 2.45) is 4.99 Å². The number of nitrogens with one attached hydrogen (secondary N) is 2. The van der Waals surface area contributed by atoms with Gasteiger partial charge in [-0.25, -0.2) is 4.39 Å². The van der Waals surface area contributed by atoms with Crippen molar-refractivity contribution in [1.82, 2.24) is 10.6 Å². The molecule has 8 heteroatoms. The van der Waals surface area contributed by atoms with Crippen LogP contribution >= 0.6 is 0 Å². The number of ether oxygens (including phenoxy) is 2. The maximum Gasteiger partial charge on any atom is 0.387 e. The summed E-state index contributed by atoms with van der Waals surface area (Å²) in [6.07, 6.45) is 0.740. The van der Waals surface area contributed by atoms with Gasteiger partial charge in [-0.1, -0.05) is 18.2 Å². The lowest BCUT2D eigenvalue weighted by Crippen LogP contribution is -2.38. The number of aliphatic imine (C=N–C) groups is 1. The van der Waals surface area contributed by atoms with Gasteiger partial charge in [-0.3, -0.25) is 4.99 Å². The summed E-state index contributed by atoms with van der Waals surface area (Å²) in [5, 5.41) is 5.99. The summed E-state index contributed by atoms with van der Waals surface area (Å²) in [4.78, 5) is 4.04. The first-order valence-electron chi connectivity index (χ1n) is 8.33. The van der Waals surface area contributed by atoms with Crippen LogP contribution in [0.3, 0.4) is 0 Å². The van der Waals surface area contributed by atoms with E-state index in [-0.39, 0.29) is 17.9 Å². The molecule has 0 aromatic heterocycles. The standard InChI is InChI=1S/C19H22F3N3O2/c1-23-19(24-11-10-13-6-8-14(26-2)9-7-13)25-12-15-16(20)4-3-5-17(15)27-18(21)22/h3-9,18H,10-12H2,1-2H3,(H2,23,24,25). The number of benzene rings is 2. The molecule has 0 atom stereocenters. The quantitative estimate of drug-likeness (QED) is 0.544. The molecule has 5 nitrogen and oxygen atoms in total. The number of guanidine groups is 1.